The Morgan fingerprint density at radius 1 is 1.00 bits per heavy atom. The fourth-order valence-electron chi connectivity index (χ4n) is 2.38. The van der Waals surface area contributed by atoms with E-state index in [1.807, 2.05) is 30.3 Å². The zero-order valence-corrected chi connectivity index (χ0v) is 13.5. The van der Waals surface area contributed by atoms with Gasteiger partial charge in [-0.15, -0.1) is 0 Å². The summed E-state index contributed by atoms with van der Waals surface area (Å²) in [4.78, 5) is 11.3. The highest BCUT2D eigenvalue weighted by Crippen LogP contribution is 2.30. The normalized spacial score (nSPS) is 10.4. The lowest BCUT2D eigenvalue weighted by molar-refractivity contribution is 0.112. The van der Waals surface area contributed by atoms with Gasteiger partial charge in [-0.2, -0.15) is 0 Å². The van der Waals surface area contributed by atoms with Crippen molar-refractivity contribution in [2.24, 2.45) is 0 Å². The molecule has 0 atom stereocenters. The predicted octanol–water partition coefficient (Wildman–Crippen LogP) is 5.54. The zero-order chi connectivity index (χ0) is 16.9. The molecule has 0 unspecified atom stereocenters. The standard InChI is InChI=1S/C20H14ClFO2/c21-19-9-7-15(10-20(19)22)18-11-17(8-6-16(18)12-23)24-13-14-4-2-1-3-5-14/h1-12H,13H2. The van der Waals surface area contributed by atoms with Crippen LogP contribution in [0.2, 0.25) is 5.02 Å². The minimum absolute atomic E-state index is 0.0443. The predicted molar refractivity (Wildman–Crippen MR) is 93.0 cm³/mol. The van der Waals surface area contributed by atoms with Gasteiger partial charge >= 0.3 is 0 Å². The molecule has 0 saturated heterocycles. The topological polar surface area (TPSA) is 26.3 Å². The maximum absolute atomic E-state index is 13.7. The first kappa shape index (κ1) is 16.2. The molecule has 24 heavy (non-hydrogen) atoms. The van der Waals surface area contributed by atoms with Gasteiger partial charge in [0.05, 0.1) is 5.02 Å². The van der Waals surface area contributed by atoms with Gasteiger partial charge in [-0.05, 0) is 47.0 Å². The van der Waals surface area contributed by atoms with Crippen LogP contribution in [0.25, 0.3) is 11.1 Å². The molecule has 0 aliphatic heterocycles. The fourth-order valence-corrected chi connectivity index (χ4v) is 2.50. The maximum atomic E-state index is 13.7. The number of carbonyl (C=O) groups is 1. The number of carbonyl (C=O) groups excluding carboxylic acids is 1. The van der Waals surface area contributed by atoms with Gasteiger partial charge in [-0.3, -0.25) is 4.79 Å². The number of hydrogen-bond donors (Lipinski definition) is 0. The van der Waals surface area contributed by atoms with Gasteiger partial charge in [0.2, 0.25) is 0 Å². The molecule has 0 aliphatic rings. The molecule has 0 spiro atoms. The Morgan fingerprint density at radius 3 is 2.50 bits per heavy atom. The van der Waals surface area contributed by atoms with Gasteiger partial charge < -0.3 is 4.74 Å². The smallest absolute Gasteiger partial charge is 0.150 e. The van der Waals surface area contributed by atoms with E-state index in [1.54, 1.807) is 24.3 Å². The summed E-state index contributed by atoms with van der Waals surface area (Å²) in [5.41, 5.74) is 2.68. The number of rotatable bonds is 5. The minimum Gasteiger partial charge on any atom is -0.489 e. The summed E-state index contributed by atoms with van der Waals surface area (Å²) >= 11 is 5.72. The number of ether oxygens (including phenoxy) is 1. The van der Waals surface area contributed by atoms with Gasteiger partial charge in [-0.1, -0.05) is 48.0 Å². The van der Waals surface area contributed by atoms with Crippen molar-refractivity contribution in [2.75, 3.05) is 0 Å². The molecule has 0 amide bonds. The van der Waals surface area contributed by atoms with Crippen LogP contribution in [-0.4, -0.2) is 6.29 Å². The molecule has 3 rings (SSSR count). The number of benzene rings is 3. The first-order chi connectivity index (χ1) is 11.7. The molecule has 3 aromatic carbocycles. The third-order valence-electron chi connectivity index (χ3n) is 3.63. The van der Waals surface area contributed by atoms with Crippen molar-refractivity contribution in [1.29, 1.82) is 0 Å². The first-order valence-corrected chi connectivity index (χ1v) is 7.76. The molecular weight excluding hydrogens is 327 g/mol. The van der Waals surface area contributed by atoms with E-state index < -0.39 is 5.82 Å². The fraction of sp³-hybridized carbons (Fsp3) is 0.0500. The second-order valence-corrected chi connectivity index (χ2v) is 5.68. The van der Waals surface area contributed by atoms with Gasteiger partial charge in [0.1, 0.15) is 18.2 Å². The molecule has 0 radical (unpaired) electrons. The summed E-state index contributed by atoms with van der Waals surface area (Å²) in [6.07, 6.45) is 0.739. The number of halogens is 2. The van der Waals surface area contributed by atoms with Gasteiger partial charge in [0, 0.05) is 5.56 Å². The van der Waals surface area contributed by atoms with Gasteiger partial charge in [0.25, 0.3) is 0 Å². The second-order valence-electron chi connectivity index (χ2n) is 5.27. The lowest BCUT2D eigenvalue weighted by atomic mass is 10.00. The first-order valence-electron chi connectivity index (χ1n) is 7.39. The van der Waals surface area contributed by atoms with Crippen molar-refractivity contribution >= 4 is 17.9 Å². The maximum Gasteiger partial charge on any atom is 0.150 e. The molecule has 0 saturated carbocycles. The molecular formula is C20H14ClFO2. The summed E-state index contributed by atoms with van der Waals surface area (Å²) in [7, 11) is 0. The van der Waals surface area contributed by atoms with Crippen LogP contribution in [0.3, 0.4) is 0 Å². The summed E-state index contributed by atoms with van der Waals surface area (Å²) in [6, 6.07) is 19.3. The van der Waals surface area contributed by atoms with Crippen LogP contribution in [0.4, 0.5) is 4.39 Å². The monoisotopic (exact) mass is 340 g/mol. The van der Waals surface area contributed by atoms with Crippen LogP contribution in [0.5, 0.6) is 5.75 Å². The molecule has 0 N–H and O–H groups in total. The van der Waals surface area contributed by atoms with Crippen LogP contribution in [0.1, 0.15) is 15.9 Å². The van der Waals surface area contributed by atoms with E-state index in [1.165, 1.54) is 12.1 Å². The molecule has 0 heterocycles. The van der Waals surface area contributed by atoms with Crippen molar-refractivity contribution < 1.29 is 13.9 Å². The van der Waals surface area contributed by atoms with E-state index in [0.717, 1.165) is 11.8 Å². The summed E-state index contributed by atoms with van der Waals surface area (Å²) in [5, 5.41) is 0.0443. The van der Waals surface area contributed by atoms with Crippen LogP contribution < -0.4 is 4.74 Å². The van der Waals surface area contributed by atoms with Gasteiger partial charge in [0.15, 0.2) is 6.29 Å². The van der Waals surface area contributed by atoms with Crippen LogP contribution in [0.15, 0.2) is 66.7 Å². The summed E-state index contributed by atoms with van der Waals surface area (Å²) < 4.78 is 19.5. The second kappa shape index (κ2) is 7.28. The Morgan fingerprint density at radius 2 is 1.79 bits per heavy atom. The lowest BCUT2D eigenvalue weighted by Crippen LogP contribution is -1.97. The van der Waals surface area contributed by atoms with Crippen molar-refractivity contribution in [3.05, 3.63) is 88.7 Å². The SMILES string of the molecule is O=Cc1ccc(OCc2ccccc2)cc1-c1ccc(Cl)c(F)c1. The third kappa shape index (κ3) is 3.63. The third-order valence-corrected chi connectivity index (χ3v) is 3.94. The van der Waals surface area contributed by atoms with Crippen LogP contribution in [-0.2, 0) is 6.61 Å². The highest BCUT2D eigenvalue weighted by atomic mass is 35.5. The van der Waals surface area contributed by atoms with Crippen LogP contribution in [0, 0.1) is 5.82 Å². The molecule has 0 fully saturated rings. The Kier molecular flexibility index (Phi) is 4.92. The molecule has 0 aliphatic carbocycles. The van der Waals surface area contributed by atoms with E-state index in [4.69, 9.17) is 16.3 Å². The molecule has 120 valence electrons. The van der Waals surface area contributed by atoms with E-state index in [9.17, 15) is 9.18 Å². The van der Waals surface area contributed by atoms with Crippen molar-refractivity contribution in [3.8, 4) is 16.9 Å². The average molecular weight is 341 g/mol. The summed E-state index contributed by atoms with van der Waals surface area (Å²) in [6.45, 7) is 0.412. The zero-order valence-electron chi connectivity index (χ0n) is 12.7. The molecule has 0 bridgehead atoms. The van der Waals surface area contributed by atoms with E-state index >= 15 is 0 Å². The average Bonchev–Trinajstić information content (AvgIpc) is 2.63. The van der Waals surface area contributed by atoms with Crippen LogP contribution >= 0.6 is 11.6 Å². The van der Waals surface area contributed by atoms with E-state index in [-0.39, 0.29) is 5.02 Å². The molecule has 2 nitrogen and oxygen atoms in total. The molecule has 0 aromatic heterocycles. The molecule has 4 heteroatoms. The highest BCUT2D eigenvalue weighted by molar-refractivity contribution is 6.30. The number of aldehydes is 1. The Bertz CT molecular complexity index is 863. The van der Waals surface area contributed by atoms with Gasteiger partial charge in [-0.25, -0.2) is 4.39 Å². The Labute approximate surface area is 144 Å². The molecule has 3 aromatic rings. The Hall–Kier alpha value is -2.65. The van der Waals surface area contributed by atoms with Crippen molar-refractivity contribution in [1.82, 2.24) is 0 Å². The van der Waals surface area contributed by atoms with Crippen molar-refractivity contribution in [3.63, 3.8) is 0 Å². The minimum atomic E-state index is -0.526. The number of hydrogen-bond acceptors (Lipinski definition) is 2. The van der Waals surface area contributed by atoms with E-state index in [0.29, 0.717) is 29.0 Å². The van der Waals surface area contributed by atoms with Crippen molar-refractivity contribution in [2.45, 2.75) is 6.61 Å². The quantitative estimate of drug-likeness (QED) is 0.570. The largest absolute Gasteiger partial charge is 0.489 e. The highest BCUT2D eigenvalue weighted by Gasteiger charge is 2.09. The Balaban J connectivity index is 1.90. The van der Waals surface area contributed by atoms with E-state index in [2.05, 4.69) is 0 Å². The lowest BCUT2D eigenvalue weighted by Gasteiger charge is -2.11. The summed E-state index contributed by atoms with van der Waals surface area (Å²) in [5.74, 6) is 0.0800.